The van der Waals surface area contributed by atoms with Gasteiger partial charge in [-0.25, -0.2) is 0 Å². The first-order valence-corrected chi connectivity index (χ1v) is 6.77. The van der Waals surface area contributed by atoms with Crippen LogP contribution in [0.5, 0.6) is 0 Å². The van der Waals surface area contributed by atoms with Crippen molar-refractivity contribution < 1.29 is 9.26 Å². The molecule has 102 valence electrons. The summed E-state index contributed by atoms with van der Waals surface area (Å²) in [5.74, 6) is 2.16. The van der Waals surface area contributed by atoms with E-state index in [0.717, 1.165) is 44.7 Å². The maximum absolute atomic E-state index is 5.92. The lowest BCUT2D eigenvalue weighted by molar-refractivity contribution is 0.0409. The van der Waals surface area contributed by atoms with Crippen LogP contribution in [0.25, 0.3) is 0 Å². The van der Waals surface area contributed by atoms with Gasteiger partial charge in [0.1, 0.15) is 0 Å². The van der Waals surface area contributed by atoms with Gasteiger partial charge in [0.15, 0.2) is 5.82 Å². The van der Waals surface area contributed by atoms with Crippen LogP contribution < -0.4 is 5.73 Å². The minimum absolute atomic E-state index is 0.165. The molecule has 0 spiro atoms. The van der Waals surface area contributed by atoms with E-state index in [0.29, 0.717) is 18.4 Å². The van der Waals surface area contributed by atoms with Crippen molar-refractivity contribution in [2.45, 2.75) is 44.9 Å². The highest BCUT2D eigenvalue weighted by atomic mass is 16.5. The maximum Gasteiger partial charge on any atom is 0.234 e. The van der Waals surface area contributed by atoms with E-state index in [1.165, 1.54) is 0 Å². The Balaban J connectivity index is 2.07. The average Bonchev–Trinajstić information content (AvgIpc) is 2.86. The number of hydrogen-bond donors (Lipinski definition) is 1. The molecule has 2 heterocycles. The Morgan fingerprint density at radius 2 is 2.06 bits per heavy atom. The molecule has 2 rings (SSSR count). The topological polar surface area (TPSA) is 74.2 Å². The van der Waals surface area contributed by atoms with Crippen molar-refractivity contribution in [3.8, 4) is 0 Å². The molecule has 0 saturated carbocycles. The van der Waals surface area contributed by atoms with Crippen LogP contribution in [0.4, 0.5) is 0 Å². The lowest BCUT2D eigenvalue weighted by Crippen LogP contribution is -2.40. The van der Waals surface area contributed by atoms with Crippen LogP contribution in [0, 0.1) is 5.92 Å². The molecule has 0 aromatic carbocycles. The van der Waals surface area contributed by atoms with Crippen LogP contribution in [0.2, 0.25) is 0 Å². The Kier molecular flexibility index (Phi) is 4.35. The Morgan fingerprint density at radius 3 is 2.67 bits per heavy atom. The van der Waals surface area contributed by atoms with Gasteiger partial charge in [-0.05, 0) is 25.2 Å². The summed E-state index contributed by atoms with van der Waals surface area (Å²) in [5.41, 5.74) is 5.75. The minimum Gasteiger partial charge on any atom is -0.381 e. The van der Waals surface area contributed by atoms with E-state index in [9.17, 15) is 0 Å². The molecule has 18 heavy (non-hydrogen) atoms. The largest absolute Gasteiger partial charge is 0.381 e. The fraction of sp³-hybridized carbons (Fsp3) is 0.846. The number of nitrogens with zero attached hydrogens (tertiary/aromatic N) is 2. The third-order valence-electron chi connectivity index (χ3n) is 3.71. The summed E-state index contributed by atoms with van der Waals surface area (Å²) in [6, 6.07) is 0. The van der Waals surface area contributed by atoms with Crippen molar-refractivity contribution in [3.05, 3.63) is 11.7 Å². The molecule has 1 saturated heterocycles. The molecule has 0 atom stereocenters. The lowest BCUT2D eigenvalue weighted by Gasteiger charge is -2.32. The number of rotatable bonds is 5. The second-order valence-electron chi connectivity index (χ2n) is 5.55. The molecule has 0 bridgehead atoms. The second-order valence-corrected chi connectivity index (χ2v) is 5.55. The molecule has 0 amide bonds. The zero-order valence-electron chi connectivity index (χ0n) is 11.3. The smallest absolute Gasteiger partial charge is 0.234 e. The van der Waals surface area contributed by atoms with E-state index in [-0.39, 0.29) is 5.41 Å². The minimum atomic E-state index is -0.165. The summed E-state index contributed by atoms with van der Waals surface area (Å²) in [7, 11) is 0. The van der Waals surface area contributed by atoms with Gasteiger partial charge in [0, 0.05) is 26.2 Å². The molecule has 2 N–H and O–H groups in total. The first kappa shape index (κ1) is 13.5. The van der Waals surface area contributed by atoms with Crippen LogP contribution >= 0.6 is 0 Å². The Bertz CT molecular complexity index is 370. The van der Waals surface area contributed by atoms with Crippen molar-refractivity contribution >= 4 is 0 Å². The number of nitrogens with two attached hydrogens (primary N) is 1. The molecule has 1 fully saturated rings. The van der Waals surface area contributed by atoms with Gasteiger partial charge in [0.25, 0.3) is 0 Å². The van der Waals surface area contributed by atoms with Crippen LogP contribution in [0.1, 0.15) is 44.8 Å². The summed E-state index contributed by atoms with van der Waals surface area (Å²) in [6.07, 6.45) is 3.70. The van der Waals surface area contributed by atoms with Gasteiger partial charge in [0.05, 0.1) is 5.41 Å². The molecular formula is C13H23N3O2. The van der Waals surface area contributed by atoms with Gasteiger partial charge >= 0.3 is 0 Å². The van der Waals surface area contributed by atoms with E-state index in [1.54, 1.807) is 0 Å². The number of ether oxygens (including phenoxy) is 1. The maximum atomic E-state index is 5.92. The molecule has 1 aromatic rings. The fourth-order valence-corrected chi connectivity index (χ4v) is 2.26. The molecule has 1 aliphatic heterocycles. The number of hydrogen-bond acceptors (Lipinski definition) is 5. The molecule has 0 unspecified atom stereocenters. The van der Waals surface area contributed by atoms with E-state index in [4.69, 9.17) is 15.0 Å². The predicted octanol–water partition coefficient (Wildman–Crippen LogP) is 1.67. The molecule has 1 aliphatic rings. The Morgan fingerprint density at radius 1 is 1.33 bits per heavy atom. The van der Waals surface area contributed by atoms with Gasteiger partial charge in [-0.3, -0.25) is 0 Å². The fourth-order valence-electron chi connectivity index (χ4n) is 2.26. The van der Waals surface area contributed by atoms with Gasteiger partial charge in [-0.2, -0.15) is 4.98 Å². The quantitative estimate of drug-likeness (QED) is 0.864. The van der Waals surface area contributed by atoms with E-state index in [1.807, 2.05) is 0 Å². The summed E-state index contributed by atoms with van der Waals surface area (Å²) < 4.78 is 10.8. The van der Waals surface area contributed by atoms with E-state index < -0.39 is 0 Å². The standard InChI is InChI=1S/C13H23N3O2/c1-10(2)3-4-11-15-12(18-16-11)13(9-14)5-7-17-8-6-13/h10H,3-9,14H2,1-2H3. The monoisotopic (exact) mass is 253 g/mol. The molecular weight excluding hydrogens is 230 g/mol. The normalized spacial score (nSPS) is 19.3. The van der Waals surface area contributed by atoms with Gasteiger partial charge < -0.3 is 15.0 Å². The van der Waals surface area contributed by atoms with Crippen molar-refractivity contribution in [1.29, 1.82) is 0 Å². The summed E-state index contributed by atoms with van der Waals surface area (Å²) >= 11 is 0. The summed E-state index contributed by atoms with van der Waals surface area (Å²) in [4.78, 5) is 4.54. The third kappa shape index (κ3) is 2.90. The first-order valence-electron chi connectivity index (χ1n) is 6.77. The summed E-state index contributed by atoms with van der Waals surface area (Å²) in [5, 5.41) is 4.07. The Hall–Kier alpha value is -0.940. The summed E-state index contributed by atoms with van der Waals surface area (Å²) in [6.45, 7) is 6.38. The molecule has 5 heteroatoms. The van der Waals surface area contributed by atoms with Crippen molar-refractivity contribution in [2.75, 3.05) is 19.8 Å². The van der Waals surface area contributed by atoms with Gasteiger partial charge in [-0.1, -0.05) is 19.0 Å². The van der Waals surface area contributed by atoms with Crippen LogP contribution in [-0.2, 0) is 16.6 Å². The Labute approximate surface area is 108 Å². The molecule has 0 aliphatic carbocycles. The molecule has 5 nitrogen and oxygen atoms in total. The van der Waals surface area contributed by atoms with Crippen LogP contribution in [0.3, 0.4) is 0 Å². The first-order chi connectivity index (χ1) is 8.66. The van der Waals surface area contributed by atoms with E-state index >= 15 is 0 Å². The van der Waals surface area contributed by atoms with Gasteiger partial charge in [-0.15, -0.1) is 0 Å². The predicted molar refractivity (Wildman–Crippen MR) is 68.2 cm³/mol. The molecule has 0 radical (unpaired) electrons. The third-order valence-corrected chi connectivity index (χ3v) is 3.71. The SMILES string of the molecule is CC(C)CCc1noc(C2(CN)CCOCC2)n1. The van der Waals surface area contributed by atoms with Crippen molar-refractivity contribution in [1.82, 2.24) is 10.1 Å². The zero-order chi connectivity index (χ0) is 13.0. The number of aromatic nitrogens is 2. The number of aryl methyl sites for hydroxylation is 1. The lowest BCUT2D eigenvalue weighted by atomic mass is 9.80. The average molecular weight is 253 g/mol. The van der Waals surface area contributed by atoms with Crippen molar-refractivity contribution in [3.63, 3.8) is 0 Å². The van der Waals surface area contributed by atoms with E-state index in [2.05, 4.69) is 24.0 Å². The highest BCUT2D eigenvalue weighted by molar-refractivity contribution is 5.07. The zero-order valence-corrected chi connectivity index (χ0v) is 11.3. The van der Waals surface area contributed by atoms with Crippen LogP contribution in [-0.4, -0.2) is 29.9 Å². The molecule has 1 aromatic heterocycles. The van der Waals surface area contributed by atoms with Crippen LogP contribution in [0.15, 0.2) is 4.52 Å². The van der Waals surface area contributed by atoms with Crippen molar-refractivity contribution in [2.24, 2.45) is 11.7 Å². The highest BCUT2D eigenvalue weighted by Crippen LogP contribution is 2.32. The van der Waals surface area contributed by atoms with Gasteiger partial charge in [0.2, 0.25) is 5.89 Å². The second kappa shape index (κ2) is 5.80. The highest BCUT2D eigenvalue weighted by Gasteiger charge is 2.38.